The molecule has 3 nitrogen and oxygen atoms in total. The number of aliphatic hydroxyl groups is 1. The molecule has 1 heterocycles. The summed E-state index contributed by atoms with van der Waals surface area (Å²) in [6.07, 6.45) is -4.04. The fourth-order valence-corrected chi connectivity index (χ4v) is 2.64. The van der Waals surface area contributed by atoms with E-state index in [1.54, 1.807) is 0 Å². The summed E-state index contributed by atoms with van der Waals surface area (Å²) in [5.74, 6) is 0. The van der Waals surface area contributed by atoms with E-state index in [1.807, 2.05) is 35.2 Å². The van der Waals surface area contributed by atoms with Gasteiger partial charge in [-0.15, -0.1) is 0 Å². The third kappa shape index (κ3) is 5.65. The van der Waals surface area contributed by atoms with E-state index in [1.165, 1.54) is 4.90 Å². The number of nitrogens with zero attached hydrogens (tertiary/aromatic N) is 2. The standard InChI is InChI=1S/C15H21F3N2O/c16-15(17,18)12-20-8-4-7-19(9-10-20)11-14(21)13-5-2-1-3-6-13/h1-3,5-6,14,21H,4,7-12H2. The quantitative estimate of drug-likeness (QED) is 0.924. The summed E-state index contributed by atoms with van der Waals surface area (Å²) in [6.45, 7) is 1.74. The molecular formula is C15H21F3N2O. The Kier molecular flexibility index (Phi) is 5.61. The minimum atomic E-state index is -4.14. The summed E-state index contributed by atoms with van der Waals surface area (Å²) in [7, 11) is 0. The first-order valence-electron chi connectivity index (χ1n) is 7.18. The molecule has 1 aromatic rings. The van der Waals surface area contributed by atoms with Crippen molar-refractivity contribution in [1.29, 1.82) is 0 Å². The lowest BCUT2D eigenvalue weighted by atomic mass is 10.1. The van der Waals surface area contributed by atoms with Crippen LogP contribution in [-0.4, -0.2) is 60.4 Å². The van der Waals surface area contributed by atoms with Gasteiger partial charge < -0.3 is 5.11 Å². The van der Waals surface area contributed by atoms with E-state index >= 15 is 0 Å². The van der Waals surface area contributed by atoms with Crippen LogP contribution in [0.3, 0.4) is 0 Å². The minimum absolute atomic E-state index is 0.390. The van der Waals surface area contributed by atoms with Crippen LogP contribution in [0.2, 0.25) is 0 Å². The summed E-state index contributed by atoms with van der Waals surface area (Å²) >= 11 is 0. The highest BCUT2D eigenvalue weighted by Crippen LogP contribution is 2.19. The highest BCUT2D eigenvalue weighted by molar-refractivity contribution is 5.17. The number of alkyl halides is 3. The Hall–Kier alpha value is -1.11. The van der Waals surface area contributed by atoms with Crippen molar-refractivity contribution in [3.05, 3.63) is 35.9 Å². The normalized spacial score (nSPS) is 20.2. The number of aliphatic hydroxyl groups excluding tert-OH is 1. The van der Waals surface area contributed by atoms with Crippen molar-refractivity contribution < 1.29 is 18.3 Å². The Morgan fingerprint density at radius 2 is 1.62 bits per heavy atom. The molecule has 0 spiro atoms. The molecule has 1 fully saturated rings. The van der Waals surface area contributed by atoms with Crippen LogP contribution < -0.4 is 0 Å². The number of halogens is 3. The molecule has 1 N–H and O–H groups in total. The van der Waals surface area contributed by atoms with E-state index in [0.717, 1.165) is 12.1 Å². The Balaban J connectivity index is 1.83. The lowest BCUT2D eigenvalue weighted by Gasteiger charge is -2.24. The van der Waals surface area contributed by atoms with Gasteiger partial charge in [0.15, 0.2) is 0 Å². The van der Waals surface area contributed by atoms with Crippen LogP contribution in [0.15, 0.2) is 30.3 Å². The van der Waals surface area contributed by atoms with Crippen LogP contribution >= 0.6 is 0 Å². The summed E-state index contributed by atoms with van der Waals surface area (Å²) in [5, 5.41) is 10.2. The predicted molar refractivity (Wildman–Crippen MR) is 75.0 cm³/mol. The van der Waals surface area contributed by atoms with Gasteiger partial charge in [0.1, 0.15) is 0 Å². The first kappa shape index (κ1) is 16.3. The summed E-state index contributed by atoms with van der Waals surface area (Å²) < 4.78 is 37.2. The average molecular weight is 302 g/mol. The third-order valence-electron chi connectivity index (χ3n) is 3.70. The molecule has 0 amide bonds. The number of β-amino-alcohol motifs (C(OH)–C–C–N with tert-alkyl or cyclic N) is 1. The van der Waals surface area contributed by atoms with Crippen molar-refractivity contribution in [3.63, 3.8) is 0 Å². The molecule has 0 radical (unpaired) electrons. The van der Waals surface area contributed by atoms with E-state index in [-0.39, 0.29) is 0 Å². The maximum absolute atomic E-state index is 12.4. The second kappa shape index (κ2) is 7.24. The van der Waals surface area contributed by atoms with Crippen molar-refractivity contribution in [2.45, 2.75) is 18.7 Å². The van der Waals surface area contributed by atoms with Gasteiger partial charge in [0, 0.05) is 19.6 Å². The lowest BCUT2D eigenvalue weighted by Crippen LogP contribution is -2.37. The molecule has 1 aromatic carbocycles. The largest absolute Gasteiger partial charge is 0.401 e. The highest BCUT2D eigenvalue weighted by atomic mass is 19.4. The zero-order valence-electron chi connectivity index (χ0n) is 11.9. The van der Waals surface area contributed by atoms with Crippen molar-refractivity contribution in [3.8, 4) is 0 Å². The molecule has 1 aliphatic rings. The van der Waals surface area contributed by atoms with E-state index in [2.05, 4.69) is 0 Å². The predicted octanol–water partition coefficient (Wildman–Crippen LogP) is 2.29. The first-order chi connectivity index (χ1) is 9.94. The second-order valence-corrected chi connectivity index (χ2v) is 5.47. The number of hydrogen-bond donors (Lipinski definition) is 1. The zero-order valence-corrected chi connectivity index (χ0v) is 11.9. The van der Waals surface area contributed by atoms with Gasteiger partial charge >= 0.3 is 6.18 Å². The Morgan fingerprint density at radius 1 is 1.00 bits per heavy atom. The SMILES string of the molecule is OC(CN1CCCN(CC(F)(F)F)CC1)c1ccccc1. The molecular weight excluding hydrogens is 281 g/mol. The summed E-state index contributed by atoms with van der Waals surface area (Å²) in [6, 6.07) is 9.34. The molecule has 6 heteroatoms. The van der Waals surface area contributed by atoms with Crippen molar-refractivity contribution in [2.75, 3.05) is 39.3 Å². The van der Waals surface area contributed by atoms with Crippen molar-refractivity contribution in [1.82, 2.24) is 9.80 Å². The smallest absolute Gasteiger partial charge is 0.387 e. The van der Waals surface area contributed by atoms with E-state index in [4.69, 9.17) is 0 Å². The van der Waals surface area contributed by atoms with Crippen LogP contribution in [0.25, 0.3) is 0 Å². The molecule has 0 saturated carbocycles. The Morgan fingerprint density at radius 3 is 2.29 bits per heavy atom. The average Bonchev–Trinajstić information content (AvgIpc) is 2.63. The molecule has 1 atom stereocenters. The zero-order chi connectivity index (χ0) is 15.3. The summed E-state index contributed by atoms with van der Waals surface area (Å²) in [5.41, 5.74) is 0.842. The van der Waals surface area contributed by atoms with Crippen LogP contribution in [0.5, 0.6) is 0 Å². The maximum Gasteiger partial charge on any atom is 0.401 e. The fraction of sp³-hybridized carbons (Fsp3) is 0.600. The van der Waals surface area contributed by atoms with Gasteiger partial charge in [-0.25, -0.2) is 0 Å². The van der Waals surface area contributed by atoms with Gasteiger partial charge in [-0.2, -0.15) is 13.2 Å². The maximum atomic E-state index is 12.4. The van der Waals surface area contributed by atoms with E-state index in [9.17, 15) is 18.3 Å². The van der Waals surface area contributed by atoms with Gasteiger partial charge in [-0.1, -0.05) is 30.3 Å². The van der Waals surface area contributed by atoms with Crippen molar-refractivity contribution in [2.24, 2.45) is 0 Å². The second-order valence-electron chi connectivity index (χ2n) is 5.47. The van der Waals surface area contributed by atoms with Gasteiger partial charge in [-0.3, -0.25) is 9.80 Å². The Labute approximate surface area is 123 Å². The topological polar surface area (TPSA) is 26.7 Å². The molecule has 1 saturated heterocycles. The lowest BCUT2D eigenvalue weighted by molar-refractivity contribution is -0.145. The van der Waals surface area contributed by atoms with Crippen LogP contribution in [0, 0.1) is 0 Å². The van der Waals surface area contributed by atoms with E-state index in [0.29, 0.717) is 32.6 Å². The molecule has 1 unspecified atom stereocenters. The molecule has 2 rings (SSSR count). The fourth-order valence-electron chi connectivity index (χ4n) is 2.64. The molecule has 118 valence electrons. The molecule has 0 aromatic heterocycles. The number of rotatable bonds is 4. The number of benzene rings is 1. The van der Waals surface area contributed by atoms with Gasteiger partial charge in [0.25, 0.3) is 0 Å². The molecule has 21 heavy (non-hydrogen) atoms. The van der Waals surface area contributed by atoms with Crippen molar-refractivity contribution >= 4 is 0 Å². The third-order valence-corrected chi connectivity index (χ3v) is 3.70. The number of hydrogen-bond acceptors (Lipinski definition) is 3. The van der Waals surface area contributed by atoms with Crippen LogP contribution in [0.4, 0.5) is 13.2 Å². The van der Waals surface area contributed by atoms with E-state index < -0.39 is 18.8 Å². The van der Waals surface area contributed by atoms with Gasteiger partial charge in [0.05, 0.1) is 12.6 Å². The minimum Gasteiger partial charge on any atom is -0.387 e. The summed E-state index contributed by atoms with van der Waals surface area (Å²) in [4.78, 5) is 3.48. The molecule has 0 bridgehead atoms. The van der Waals surface area contributed by atoms with Gasteiger partial charge in [0.2, 0.25) is 0 Å². The Bertz CT molecular complexity index is 425. The van der Waals surface area contributed by atoms with Crippen LogP contribution in [0.1, 0.15) is 18.1 Å². The monoisotopic (exact) mass is 302 g/mol. The first-order valence-corrected chi connectivity index (χ1v) is 7.18. The molecule has 0 aliphatic carbocycles. The molecule has 1 aliphatic heterocycles. The van der Waals surface area contributed by atoms with Gasteiger partial charge in [-0.05, 0) is 25.1 Å². The van der Waals surface area contributed by atoms with Crippen LogP contribution in [-0.2, 0) is 0 Å². The highest BCUT2D eigenvalue weighted by Gasteiger charge is 2.31.